The van der Waals surface area contributed by atoms with Crippen molar-refractivity contribution in [2.75, 3.05) is 25.5 Å². The van der Waals surface area contributed by atoms with Crippen LogP contribution in [0.3, 0.4) is 0 Å². The predicted molar refractivity (Wildman–Crippen MR) is 109 cm³/mol. The van der Waals surface area contributed by atoms with Gasteiger partial charge in [-0.25, -0.2) is 8.42 Å². The second kappa shape index (κ2) is 10.3. The van der Waals surface area contributed by atoms with Gasteiger partial charge in [-0.3, -0.25) is 4.79 Å². The maximum absolute atomic E-state index is 13.0. The van der Waals surface area contributed by atoms with Crippen LogP contribution in [-0.2, 0) is 14.8 Å². The van der Waals surface area contributed by atoms with Crippen molar-refractivity contribution in [3.05, 3.63) is 18.2 Å². The zero-order chi connectivity index (χ0) is 19.3. The topological polar surface area (TPSA) is 102 Å². The van der Waals surface area contributed by atoms with Crippen molar-refractivity contribution in [3.8, 4) is 5.75 Å². The number of carbonyl (C=O) groups is 1. The van der Waals surface area contributed by atoms with Crippen molar-refractivity contribution >= 4 is 34.0 Å². The number of ether oxygens (including phenoxy) is 1. The van der Waals surface area contributed by atoms with Gasteiger partial charge in [0, 0.05) is 18.8 Å². The number of nitrogens with one attached hydrogen (secondary N) is 1. The number of benzene rings is 1. The Balaban J connectivity index is 0.00000364. The molecule has 7 nitrogen and oxygen atoms in total. The molecule has 154 valence electrons. The molecule has 0 aliphatic carbocycles. The van der Waals surface area contributed by atoms with E-state index in [-0.39, 0.29) is 29.0 Å². The van der Waals surface area contributed by atoms with Gasteiger partial charge in [-0.2, -0.15) is 4.31 Å². The molecule has 1 aromatic carbocycles. The largest absolute Gasteiger partial charge is 0.495 e. The summed E-state index contributed by atoms with van der Waals surface area (Å²) in [6.07, 6.45) is 3.29. The summed E-state index contributed by atoms with van der Waals surface area (Å²) in [6, 6.07) is 3.98. The zero-order valence-corrected chi connectivity index (χ0v) is 17.7. The molecule has 0 saturated carbocycles. The lowest BCUT2D eigenvalue weighted by Gasteiger charge is -2.26. The van der Waals surface area contributed by atoms with Crippen molar-refractivity contribution < 1.29 is 17.9 Å². The summed E-state index contributed by atoms with van der Waals surface area (Å²) < 4.78 is 32.7. The van der Waals surface area contributed by atoms with Crippen LogP contribution in [0.25, 0.3) is 0 Å². The number of amides is 1. The lowest BCUT2D eigenvalue weighted by Crippen LogP contribution is -2.37. The smallest absolute Gasteiger partial charge is 0.246 e. The molecule has 1 atom stereocenters. The lowest BCUT2D eigenvalue weighted by molar-refractivity contribution is -0.117. The van der Waals surface area contributed by atoms with Crippen LogP contribution in [0.5, 0.6) is 5.75 Å². The molecule has 1 aromatic rings. The monoisotopic (exact) mass is 419 g/mol. The Morgan fingerprint density at radius 2 is 1.89 bits per heavy atom. The summed E-state index contributed by atoms with van der Waals surface area (Å²) in [6.45, 7) is 4.98. The van der Waals surface area contributed by atoms with Crippen LogP contribution >= 0.6 is 12.4 Å². The van der Waals surface area contributed by atoms with Gasteiger partial charge < -0.3 is 15.8 Å². The Bertz CT molecular complexity index is 734. The molecule has 27 heavy (non-hydrogen) atoms. The molecule has 1 saturated heterocycles. The van der Waals surface area contributed by atoms with Crippen LogP contribution in [0, 0.1) is 5.92 Å². The Morgan fingerprint density at radius 3 is 2.44 bits per heavy atom. The van der Waals surface area contributed by atoms with Crippen LogP contribution in [-0.4, -0.2) is 44.9 Å². The summed E-state index contributed by atoms with van der Waals surface area (Å²) in [4.78, 5) is 12.3. The minimum Gasteiger partial charge on any atom is -0.495 e. The molecule has 1 amide bonds. The summed E-state index contributed by atoms with van der Waals surface area (Å²) in [5, 5.41) is 2.71. The number of methoxy groups -OCH3 is 1. The fourth-order valence-electron chi connectivity index (χ4n) is 3.05. The Hall–Kier alpha value is -1.35. The first-order valence-corrected chi connectivity index (χ1v) is 10.4. The van der Waals surface area contributed by atoms with Gasteiger partial charge in [-0.05, 0) is 43.4 Å². The van der Waals surface area contributed by atoms with Gasteiger partial charge in [-0.15, -0.1) is 12.4 Å². The van der Waals surface area contributed by atoms with E-state index in [9.17, 15) is 13.2 Å². The molecule has 0 spiro atoms. The number of sulfonamides is 1. The summed E-state index contributed by atoms with van der Waals surface area (Å²) >= 11 is 0. The first-order valence-electron chi connectivity index (χ1n) is 9.00. The second-order valence-electron chi connectivity index (χ2n) is 7.06. The molecule has 1 heterocycles. The fourth-order valence-corrected chi connectivity index (χ4v) is 4.75. The van der Waals surface area contributed by atoms with E-state index in [0.29, 0.717) is 31.1 Å². The number of nitrogens with zero attached hydrogens (tertiary/aromatic N) is 1. The van der Waals surface area contributed by atoms with E-state index in [1.165, 1.54) is 17.5 Å². The van der Waals surface area contributed by atoms with Crippen molar-refractivity contribution in [3.63, 3.8) is 0 Å². The van der Waals surface area contributed by atoms with E-state index < -0.39 is 16.1 Å². The van der Waals surface area contributed by atoms with Crippen LogP contribution in [0.4, 0.5) is 5.69 Å². The van der Waals surface area contributed by atoms with Gasteiger partial charge >= 0.3 is 0 Å². The molecular formula is C18H30ClN3O4S. The molecule has 0 radical (unpaired) electrons. The highest BCUT2D eigenvalue weighted by atomic mass is 35.5. The van der Waals surface area contributed by atoms with Gasteiger partial charge in [0.2, 0.25) is 15.9 Å². The van der Waals surface area contributed by atoms with E-state index in [0.717, 1.165) is 19.3 Å². The van der Waals surface area contributed by atoms with Gasteiger partial charge in [0.05, 0.1) is 13.2 Å². The van der Waals surface area contributed by atoms with E-state index in [4.69, 9.17) is 10.5 Å². The van der Waals surface area contributed by atoms with Crippen LogP contribution < -0.4 is 15.8 Å². The minimum atomic E-state index is -3.68. The van der Waals surface area contributed by atoms with Crippen molar-refractivity contribution in [2.24, 2.45) is 11.7 Å². The second-order valence-corrected chi connectivity index (χ2v) is 8.96. The van der Waals surface area contributed by atoms with E-state index >= 15 is 0 Å². The average Bonchev–Trinajstić information content (AvgIpc) is 2.61. The van der Waals surface area contributed by atoms with Crippen molar-refractivity contribution in [1.29, 1.82) is 0 Å². The first kappa shape index (κ1) is 23.7. The average molecular weight is 420 g/mol. The quantitative estimate of drug-likeness (QED) is 0.707. The Labute approximate surface area is 168 Å². The number of hydrogen-bond donors (Lipinski definition) is 2. The van der Waals surface area contributed by atoms with Gasteiger partial charge in [-0.1, -0.05) is 20.3 Å². The number of rotatable bonds is 7. The molecular weight excluding hydrogens is 390 g/mol. The molecule has 1 aliphatic rings. The normalized spacial score (nSPS) is 16.5. The SMILES string of the molecule is COc1ccc(NC(=O)[C@@H](N)CC(C)C)cc1S(=O)(=O)N1CCCCC1.Cl. The maximum atomic E-state index is 13.0. The van der Waals surface area contributed by atoms with Crippen molar-refractivity contribution in [1.82, 2.24) is 4.31 Å². The number of hydrogen-bond acceptors (Lipinski definition) is 5. The molecule has 3 N–H and O–H groups in total. The summed E-state index contributed by atoms with van der Waals surface area (Å²) in [7, 11) is -2.24. The number of nitrogens with two attached hydrogens (primary N) is 1. The van der Waals surface area contributed by atoms with Crippen LogP contribution in [0.1, 0.15) is 39.5 Å². The highest BCUT2D eigenvalue weighted by molar-refractivity contribution is 7.89. The number of carbonyl (C=O) groups excluding carboxylic acids is 1. The minimum absolute atomic E-state index is 0. The third-order valence-corrected chi connectivity index (χ3v) is 6.35. The third-order valence-electron chi connectivity index (χ3n) is 4.43. The van der Waals surface area contributed by atoms with Gasteiger partial charge in [0.1, 0.15) is 10.6 Å². The lowest BCUT2D eigenvalue weighted by atomic mass is 10.0. The van der Waals surface area contributed by atoms with Crippen LogP contribution in [0.15, 0.2) is 23.1 Å². The van der Waals surface area contributed by atoms with E-state index in [2.05, 4.69) is 5.32 Å². The summed E-state index contributed by atoms with van der Waals surface area (Å²) in [5.41, 5.74) is 6.29. The zero-order valence-electron chi connectivity index (χ0n) is 16.1. The first-order chi connectivity index (χ1) is 12.3. The maximum Gasteiger partial charge on any atom is 0.246 e. The number of anilines is 1. The fraction of sp³-hybridized carbons (Fsp3) is 0.611. The highest BCUT2D eigenvalue weighted by Gasteiger charge is 2.29. The number of piperidine rings is 1. The number of halogens is 1. The standard InChI is InChI=1S/C18H29N3O4S.ClH/c1-13(2)11-15(19)18(22)20-14-7-8-16(25-3)17(12-14)26(23,24)21-9-5-4-6-10-21;/h7-8,12-13,15H,4-6,9-11,19H2,1-3H3,(H,20,22);1H/t15-;/m0./s1. The predicted octanol–water partition coefficient (Wildman–Crippen LogP) is 2.60. The molecule has 0 unspecified atom stereocenters. The molecule has 1 aliphatic heterocycles. The van der Waals surface area contributed by atoms with Gasteiger partial charge in [0.25, 0.3) is 0 Å². The summed E-state index contributed by atoms with van der Waals surface area (Å²) in [5.74, 6) is 0.229. The van der Waals surface area contributed by atoms with E-state index in [1.807, 2.05) is 13.8 Å². The molecule has 0 bridgehead atoms. The van der Waals surface area contributed by atoms with E-state index in [1.54, 1.807) is 12.1 Å². The molecule has 2 rings (SSSR count). The Morgan fingerprint density at radius 1 is 1.26 bits per heavy atom. The Kier molecular flexibility index (Phi) is 9.01. The van der Waals surface area contributed by atoms with Gasteiger partial charge in [0.15, 0.2) is 0 Å². The highest BCUT2D eigenvalue weighted by Crippen LogP contribution is 2.31. The molecule has 9 heteroatoms. The molecule has 1 fully saturated rings. The molecule has 0 aromatic heterocycles. The van der Waals surface area contributed by atoms with Crippen LogP contribution in [0.2, 0.25) is 0 Å². The third kappa shape index (κ3) is 6.07. The van der Waals surface area contributed by atoms with Crippen molar-refractivity contribution in [2.45, 2.75) is 50.5 Å².